The SMILES string of the molecule is CC(=O)Oc1cccc(C(=O)N2CCc3[nH]nc(-c4cccc(Cl)c4)c3C2)c1. The number of amides is 1. The molecule has 0 saturated heterocycles. The lowest BCUT2D eigenvalue weighted by molar-refractivity contribution is -0.131. The molecule has 28 heavy (non-hydrogen) atoms. The van der Waals surface area contributed by atoms with E-state index in [4.69, 9.17) is 16.3 Å². The van der Waals surface area contributed by atoms with Crippen LogP contribution in [-0.2, 0) is 17.8 Å². The molecule has 0 fully saturated rings. The van der Waals surface area contributed by atoms with E-state index < -0.39 is 5.97 Å². The molecule has 0 bridgehead atoms. The number of benzene rings is 2. The van der Waals surface area contributed by atoms with Gasteiger partial charge in [-0.25, -0.2) is 0 Å². The van der Waals surface area contributed by atoms with Gasteiger partial charge >= 0.3 is 5.97 Å². The maximum absolute atomic E-state index is 13.0. The van der Waals surface area contributed by atoms with Gasteiger partial charge in [-0.3, -0.25) is 14.7 Å². The predicted octanol–water partition coefficient (Wildman–Crippen LogP) is 3.85. The maximum atomic E-state index is 13.0. The molecular weight excluding hydrogens is 378 g/mol. The average Bonchev–Trinajstić information content (AvgIpc) is 3.10. The third kappa shape index (κ3) is 3.64. The van der Waals surface area contributed by atoms with Crippen LogP contribution in [0, 0.1) is 0 Å². The van der Waals surface area contributed by atoms with Gasteiger partial charge < -0.3 is 9.64 Å². The summed E-state index contributed by atoms with van der Waals surface area (Å²) in [6, 6.07) is 14.2. The van der Waals surface area contributed by atoms with Crippen molar-refractivity contribution in [2.45, 2.75) is 19.9 Å². The van der Waals surface area contributed by atoms with Crippen molar-refractivity contribution >= 4 is 23.5 Å². The molecule has 142 valence electrons. The van der Waals surface area contributed by atoms with Gasteiger partial charge in [-0.2, -0.15) is 5.10 Å². The van der Waals surface area contributed by atoms with Crippen LogP contribution in [-0.4, -0.2) is 33.5 Å². The highest BCUT2D eigenvalue weighted by atomic mass is 35.5. The molecule has 1 aliphatic rings. The number of aromatic nitrogens is 2. The summed E-state index contributed by atoms with van der Waals surface area (Å²) in [6.07, 6.45) is 0.693. The first-order valence-corrected chi connectivity index (χ1v) is 9.29. The third-order valence-corrected chi connectivity index (χ3v) is 4.90. The van der Waals surface area contributed by atoms with Gasteiger partial charge in [0, 0.05) is 53.8 Å². The van der Waals surface area contributed by atoms with E-state index in [1.165, 1.54) is 6.92 Å². The standard InChI is InChI=1S/C21H18ClN3O3/c1-13(26)28-17-7-3-5-15(11-17)21(27)25-9-8-19-18(12-25)20(24-23-19)14-4-2-6-16(22)10-14/h2-7,10-11H,8-9,12H2,1H3,(H,23,24). The van der Waals surface area contributed by atoms with E-state index in [0.717, 1.165) is 22.5 Å². The number of hydrogen-bond donors (Lipinski definition) is 1. The fourth-order valence-electron chi connectivity index (χ4n) is 3.38. The van der Waals surface area contributed by atoms with Gasteiger partial charge in [0.1, 0.15) is 5.75 Å². The summed E-state index contributed by atoms with van der Waals surface area (Å²) in [5.74, 6) is -0.173. The van der Waals surface area contributed by atoms with E-state index in [0.29, 0.717) is 35.8 Å². The number of carbonyl (C=O) groups excluding carboxylic acids is 2. The van der Waals surface area contributed by atoms with Gasteiger partial charge in [0.25, 0.3) is 5.91 Å². The zero-order valence-corrected chi connectivity index (χ0v) is 16.0. The van der Waals surface area contributed by atoms with Gasteiger partial charge in [-0.05, 0) is 30.3 Å². The summed E-state index contributed by atoms with van der Waals surface area (Å²) >= 11 is 6.12. The van der Waals surface area contributed by atoms with Crippen molar-refractivity contribution in [2.24, 2.45) is 0 Å². The molecule has 0 radical (unpaired) electrons. The fraction of sp³-hybridized carbons (Fsp3) is 0.190. The van der Waals surface area contributed by atoms with Gasteiger partial charge in [0.2, 0.25) is 0 Å². The molecular formula is C21H18ClN3O3. The highest BCUT2D eigenvalue weighted by molar-refractivity contribution is 6.30. The number of hydrogen-bond acceptors (Lipinski definition) is 4. The number of nitrogens with zero attached hydrogens (tertiary/aromatic N) is 2. The molecule has 0 unspecified atom stereocenters. The van der Waals surface area contributed by atoms with Crippen molar-refractivity contribution in [1.82, 2.24) is 15.1 Å². The second-order valence-corrected chi connectivity index (χ2v) is 7.07. The van der Waals surface area contributed by atoms with E-state index in [2.05, 4.69) is 10.2 Å². The number of rotatable bonds is 3. The Hall–Kier alpha value is -3.12. The summed E-state index contributed by atoms with van der Waals surface area (Å²) in [5, 5.41) is 8.17. The van der Waals surface area contributed by atoms with Gasteiger partial charge in [-0.1, -0.05) is 29.8 Å². The lowest BCUT2D eigenvalue weighted by Gasteiger charge is -2.27. The minimum atomic E-state index is -0.420. The van der Waals surface area contributed by atoms with Crippen molar-refractivity contribution in [2.75, 3.05) is 6.54 Å². The van der Waals surface area contributed by atoms with Crippen molar-refractivity contribution in [3.63, 3.8) is 0 Å². The largest absolute Gasteiger partial charge is 0.427 e. The summed E-state index contributed by atoms with van der Waals surface area (Å²) < 4.78 is 5.09. The summed E-state index contributed by atoms with van der Waals surface area (Å²) in [5.41, 5.74) is 4.24. The number of carbonyl (C=O) groups is 2. The monoisotopic (exact) mass is 395 g/mol. The molecule has 0 saturated carbocycles. The van der Waals surface area contributed by atoms with E-state index in [1.807, 2.05) is 24.3 Å². The Kier molecular flexibility index (Phi) is 4.88. The molecule has 0 spiro atoms. The Morgan fingerprint density at radius 1 is 1.18 bits per heavy atom. The zero-order chi connectivity index (χ0) is 19.7. The van der Waals surface area contributed by atoms with E-state index in [-0.39, 0.29) is 5.91 Å². The molecule has 4 rings (SSSR count). The Morgan fingerprint density at radius 3 is 2.79 bits per heavy atom. The van der Waals surface area contributed by atoms with E-state index in [9.17, 15) is 9.59 Å². The number of H-pyrrole nitrogens is 1. The highest BCUT2D eigenvalue weighted by Crippen LogP contribution is 2.30. The fourth-order valence-corrected chi connectivity index (χ4v) is 3.57. The van der Waals surface area contributed by atoms with Crippen LogP contribution in [0.25, 0.3) is 11.3 Å². The van der Waals surface area contributed by atoms with Crippen molar-refractivity contribution in [3.05, 3.63) is 70.4 Å². The van der Waals surface area contributed by atoms with Crippen LogP contribution < -0.4 is 4.74 Å². The first kappa shape index (κ1) is 18.3. The third-order valence-electron chi connectivity index (χ3n) is 4.66. The van der Waals surface area contributed by atoms with Crippen LogP contribution in [0.2, 0.25) is 5.02 Å². The predicted molar refractivity (Wildman–Crippen MR) is 105 cm³/mol. The highest BCUT2D eigenvalue weighted by Gasteiger charge is 2.26. The number of nitrogens with one attached hydrogen (secondary N) is 1. The van der Waals surface area contributed by atoms with Crippen molar-refractivity contribution < 1.29 is 14.3 Å². The molecule has 2 aromatic carbocycles. The van der Waals surface area contributed by atoms with Gasteiger partial charge in [0.05, 0.1) is 5.69 Å². The summed E-state index contributed by atoms with van der Waals surface area (Å²) in [6.45, 7) is 2.36. The topological polar surface area (TPSA) is 75.3 Å². The van der Waals surface area contributed by atoms with Gasteiger partial charge in [0.15, 0.2) is 0 Å². The molecule has 0 aliphatic carbocycles. The Balaban J connectivity index is 1.60. The van der Waals surface area contributed by atoms with E-state index >= 15 is 0 Å². The van der Waals surface area contributed by atoms with Crippen LogP contribution in [0.15, 0.2) is 48.5 Å². The number of ether oxygens (including phenoxy) is 1. The minimum Gasteiger partial charge on any atom is -0.427 e. The van der Waals surface area contributed by atoms with E-state index in [1.54, 1.807) is 29.2 Å². The Morgan fingerprint density at radius 2 is 2.00 bits per heavy atom. The Labute approximate surface area is 167 Å². The number of halogens is 1. The second-order valence-electron chi connectivity index (χ2n) is 6.64. The van der Waals surface area contributed by atoms with Crippen LogP contribution in [0.4, 0.5) is 0 Å². The quantitative estimate of drug-likeness (QED) is 0.539. The molecule has 1 aromatic heterocycles. The molecule has 3 aromatic rings. The van der Waals surface area contributed by atoms with Crippen LogP contribution in [0.1, 0.15) is 28.5 Å². The molecule has 0 atom stereocenters. The van der Waals surface area contributed by atoms with Crippen LogP contribution in [0.3, 0.4) is 0 Å². The maximum Gasteiger partial charge on any atom is 0.308 e. The first-order valence-electron chi connectivity index (χ1n) is 8.91. The number of aromatic amines is 1. The summed E-state index contributed by atoms with van der Waals surface area (Å²) in [4.78, 5) is 25.9. The summed E-state index contributed by atoms with van der Waals surface area (Å²) in [7, 11) is 0. The molecule has 7 heteroatoms. The lowest BCUT2D eigenvalue weighted by atomic mass is 10.0. The van der Waals surface area contributed by atoms with Crippen molar-refractivity contribution in [3.8, 4) is 17.0 Å². The van der Waals surface area contributed by atoms with Gasteiger partial charge in [-0.15, -0.1) is 0 Å². The average molecular weight is 396 g/mol. The smallest absolute Gasteiger partial charge is 0.308 e. The second kappa shape index (κ2) is 7.48. The molecule has 1 N–H and O–H groups in total. The van der Waals surface area contributed by atoms with Crippen LogP contribution in [0.5, 0.6) is 5.75 Å². The lowest BCUT2D eigenvalue weighted by Crippen LogP contribution is -2.35. The first-order chi connectivity index (χ1) is 13.5. The normalized spacial score (nSPS) is 13.1. The number of fused-ring (bicyclic) bond motifs is 1. The molecule has 1 aliphatic heterocycles. The molecule has 1 amide bonds. The molecule has 6 nitrogen and oxygen atoms in total. The Bertz CT molecular complexity index is 1060. The van der Waals surface area contributed by atoms with Crippen LogP contribution >= 0.6 is 11.6 Å². The van der Waals surface area contributed by atoms with Crippen molar-refractivity contribution in [1.29, 1.82) is 0 Å². The molecule has 2 heterocycles. The minimum absolute atomic E-state index is 0.113. The zero-order valence-electron chi connectivity index (χ0n) is 15.2. The number of esters is 1.